The molecular formula is C24H31N3O3S. The zero-order valence-electron chi connectivity index (χ0n) is 18.1. The van der Waals surface area contributed by atoms with Crippen molar-refractivity contribution in [1.29, 1.82) is 0 Å². The highest BCUT2D eigenvalue weighted by atomic mass is 32.2. The number of hydrogen-bond acceptors (Lipinski definition) is 4. The van der Waals surface area contributed by atoms with Crippen LogP contribution in [0.25, 0.3) is 6.08 Å². The van der Waals surface area contributed by atoms with Crippen molar-refractivity contribution in [2.45, 2.75) is 25.8 Å². The van der Waals surface area contributed by atoms with Crippen LogP contribution in [0.2, 0.25) is 0 Å². The molecular weight excluding hydrogens is 410 g/mol. The number of hydrogen-bond donors (Lipinski definition) is 1. The number of carbonyl (C=O) groups is 1. The summed E-state index contributed by atoms with van der Waals surface area (Å²) in [6.07, 6.45) is 2.68. The molecule has 0 bridgehead atoms. The Morgan fingerprint density at radius 1 is 1.10 bits per heavy atom. The number of sulfonamides is 1. The zero-order valence-corrected chi connectivity index (χ0v) is 19.0. The second-order valence-corrected chi connectivity index (χ2v) is 9.79. The zero-order chi connectivity index (χ0) is 22.3. The maximum Gasteiger partial charge on any atom is 0.236 e. The van der Waals surface area contributed by atoms with E-state index in [0.717, 1.165) is 11.3 Å². The average Bonchev–Trinajstić information content (AvgIpc) is 2.82. The first-order valence-corrected chi connectivity index (χ1v) is 12.2. The third-order valence-corrected chi connectivity index (χ3v) is 7.38. The van der Waals surface area contributed by atoms with Crippen molar-refractivity contribution in [1.82, 2.24) is 9.62 Å². The number of carbonyl (C=O) groups excluding carboxylic acids is 1. The summed E-state index contributed by atoms with van der Waals surface area (Å²) in [6.45, 7) is 3.34. The van der Waals surface area contributed by atoms with E-state index >= 15 is 0 Å². The molecule has 1 saturated heterocycles. The minimum Gasteiger partial charge on any atom is -0.370 e. The van der Waals surface area contributed by atoms with Crippen LogP contribution in [0.3, 0.4) is 0 Å². The fourth-order valence-corrected chi connectivity index (χ4v) is 4.86. The Morgan fingerprint density at radius 3 is 2.29 bits per heavy atom. The Balaban J connectivity index is 1.46. The number of rotatable bonds is 8. The van der Waals surface area contributed by atoms with Crippen LogP contribution in [-0.2, 0) is 14.8 Å². The predicted octanol–water partition coefficient (Wildman–Crippen LogP) is 3.34. The van der Waals surface area contributed by atoms with Crippen molar-refractivity contribution >= 4 is 27.7 Å². The van der Waals surface area contributed by atoms with Crippen LogP contribution in [0.4, 0.5) is 5.69 Å². The molecule has 1 heterocycles. The van der Waals surface area contributed by atoms with Crippen molar-refractivity contribution in [2.75, 3.05) is 31.6 Å². The number of piperidine rings is 1. The van der Waals surface area contributed by atoms with E-state index < -0.39 is 10.0 Å². The highest BCUT2D eigenvalue weighted by Crippen LogP contribution is 2.21. The van der Waals surface area contributed by atoms with Crippen molar-refractivity contribution in [3.8, 4) is 0 Å². The molecule has 1 N–H and O–H groups in total. The van der Waals surface area contributed by atoms with E-state index in [4.69, 9.17) is 0 Å². The molecule has 0 spiro atoms. The summed E-state index contributed by atoms with van der Waals surface area (Å²) >= 11 is 0. The summed E-state index contributed by atoms with van der Waals surface area (Å²) in [6, 6.07) is 19.6. The lowest BCUT2D eigenvalue weighted by molar-refractivity contribution is -0.126. The van der Waals surface area contributed by atoms with Gasteiger partial charge in [-0.05, 0) is 43.5 Å². The van der Waals surface area contributed by atoms with Gasteiger partial charge in [0.25, 0.3) is 0 Å². The van der Waals surface area contributed by atoms with E-state index in [2.05, 4.69) is 17.1 Å². The van der Waals surface area contributed by atoms with Gasteiger partial charge in [-0.25, -0.2) is 8.42 Å². The minimum absolute atomic E-state index is 0.00480. The molecule has 6 nitrogen and oxygen atoms in total. The van der Waals surface area contributed by atoms with Crippen molar-refractivity contribution in [3.63, 3.8) is 0 Å². The van der Waals surface area contributed by atoms with E-state index in [1.807, 2.05) is 67.7 Å². The highest BCUT2D eigenvalue weighted by molar-refractivity contribution is 7.92. The molecule has 1 amide bonds. The number of nitrogens with zero attached hydrogens (tertiary/aromatic N) is 2. The topological polar surface area (TPSA) is 69.7 Å². The van der Waals surface area contributed by atoms with Crippen LogP contribution in [-0.4, -0.2) is 51.4 Å². The summed E-state index contributed by atoms with van der Waals surface area (Å²) < 4.78 is 26.6. The monoisotopic (exact) mass is 441 g/mol. The largest absolute Gasteiger partial charge is 0.370 e. The van der Waals surface area contributed by atoms with Gasteiger partial charge in [0.2, 0.25) is 15.9 Å². The fourth-order valence-electron chi connectivity index (χ4n) is 3.63. The lowest BCUT2D eigenvalue weighted by atomic mass is 9.97. The van der Waals surface area contributed by atoms with Crippen LogP contribution in [0.1, 0.15) is 25.3 Å². The summed E-state index contributed by atoms with van der Waals surface area (Å²) in [7, 11) is -1.47. The van der Waals surface area contributed by atoms with Crippen LogP contribution < -0.4 is 10.2 Å². The molecule has 1 aliphatic rings. The van der Waals surface area contributed by atoms with Gasteiger partial charge in [0, 0.05) is 49.7 Å². The Morgan fingerprint density at radius 2 is 1.68 bits per heavy atom. The molecule has 0 aliphatic carbocycles. The molecule has 7 heteroatoms. The van der Waals surface area contributed by atoms with Crippen molar-refractivity contribution in [2.24, 2.45) is 5.92 Å². The smallest absolute Gasteiger partial charge is 0.236 e. The first-order chi connectivity index (χ1) is 14.9. The summed E-state index contributed by atoms with van der Waals surface area (Å²) in [5.41, 5.74) is 1.95. The summed E-state index contributed by atoms with van der Waals surface area (Å²) in [5.74, 6) is -0.149. The van der Waals surface area contributed by atoms with Gasteiger partial charge < -0.3 is 10.2 Å². The summed E-state index contributed by atoms with van der Waals surface area (Å²) in [5, 5.41) is 4.29. The number of benzene rings is 2. The number of anilines is 1. The number of likely N-dealkylation sites (N-methyl/N-ethyl adjacent to an activating group) is 1. The molecule has 31 heavy (non-hydrogen) atoms. The maximum atomic E-state index is 12.6. The van der Waals surface area contributed by atoms with E-state index in [-0.39, 0.29) is 17.9 Å². The number of amides is 1. The molecule has 3 rings (SSSR count). The normalized spacial score (nSPS) is 16.8. The van der Waals surface area contributed by atoms with E-state index in [0.29, 0.717) is 32.5 Å². The quantitative estimate of drug-likeness (QED) is 0.682. The van der Waals surface area contributed by atoms with Gasteiger partial charge in [-0.2, -0.15) is 4.31 Å². The molecule has 1 unspecified atom stereocenters. The van der Waals surface area contributed by atoms with Crippen LogP contribution >= 0.6 is 0 Å². The molecule has 0 saturated carbocycles. The van der Waals surface area contributed by atoms with Gasteiger partial charge in [-0.3, -0.25) is 4.79 Å². The Kier molecular flexibility index (Phi) is 7.87. The molecule has 1 aliphatic heterocycles. The van der Waals surface area contributed by atoms with Crippen LogP contribution in [0.15, 0.2) is 66.1 Å². The van der Waals surface area contributed by atoms with Crippen molar-refractivity contribution in [3.05, 3.63) is 71.6 Å². The lowest BCUT2D eigenvalue weighted by Gasteiger charge is -2.31. The predicted molar refractivity (Wildman–Crippen MR) is 126 cm³/mol. The van der Waals surface area contributed by atoms with Gasteiger partial charge in [-0.15, -0.1) is 0 Å². The Labute approximate surface area is 185 Å². The van der Waals surface area contributed by atoms with Gasteiger partial charge in [-0.1, -0.05) is 48.5 Å². The molecule has 1 atom stereocenters. The first-order valence-electron chi connectivity index (χ1n) is 10.7. The second kappa shape index (κ2) is 10.6. The molecule has 2 aromatic carbocycles. The molecule has 166 valence electrons. The van der Waals surface area contributed by atoms with Crippen LogP contribution in [0.5, 0.6) is 0 Å². The Bertz CT molecular complexity index is 970. The van der Waals surface area contributed by atoms with Gasteiger partial charge >= 0.3 is 0 Å². The fraction of sp³-hybridized carbons (Fsp3) is 0.375. The van der Waals surface area contributed by atoms with Crippen molar-refractivity contribution < 1.29 is 13.2 Å². The molecule has 0 aromatic heterocycles. The second-order valence-electron chi connectivity index (χ2n) is 7.97. The van der Waals surface area contributed by atoms with Gasteiger partial charge in [0.05, 0.1) is 0 Å². The third kappa shape index (κ3) is 6.42. The summed E-state index contributed by atoms with van der Waals surface area (Å²) in [4.78, 5) is 14.8. The maximum absolute atomic E-state index is 12.6. The Hall–Kier alpha value is -2.64. The van der Waals surface area contributed by atoms with E-state index in [1.165, 1.54) is 9.71 Å². The first kappa shape index (κ1) is 23.0. The van der Waals surface area contributed by atoms with E-state index in [1.54, 1.807) is 6.08 Å². The molecule has 1 fully saturated rings. The average molecular weight is 442 g/mol. The molecule has 2 aromatic rings. The lowest BCUT2D eigenvalue weighted by Crippen LogP contribution is -2.45. The number of nitrogens with one attached hydrogen (secondary N) is 1. The van der Waals surface area contributed by atoms with Gasteiger partial charge in [0.1, 0.15) is 0 Å². The third-order valence-electron chi connectivity index (χ3n) is 5.81. The molecule has 0 radical (unpaired) electrons. The standard InChI is InChI=1S/C24H31N3O3S/c1-20(26(2)23-11-7-4-8-12-23)19-25-24(28)22-13-16-27(17-14-22)31(29,30)18-15-21-9-5-3-6-10-21/h3-12,15,18,20,22H,13-14,16-17,19H2,1-2H3,(H,25,28)/b18-15+. The minimum atomic E-state index is -3.48. The SMILES string of the molecule is CC(CNC(=O)C1CCN(S(=O)(=O)/C=C/c2ccccc2)CC1)N(C)c1ccccc1. The van der Waals surface area contributed by atoms with Crippen LogP contribution in [0, 0.1) is 5.92 Å². The van der Waals surface area contributed by atoms with Gasteiger partial charge in [0.15, 0.2) is 0 Å². The number of para-hydroxylation sites is 1. The highest BCUT2D eigenvalue weighted by Gasteiger charge is 2.30. The van der Waals surface area contributed by atoms with E-state index in [9.17, 15) is 13.2 Å².